The van der Waals surface area contributed by atoms with E-state index in [0.29, 0.717) is 0 Å². The summed E-state index contributed by atoms with van der Waals surface area (Å²) in [5.74, 6) is 0. The van der Waals surface area contributed by atoms with Crippen LogP contribution >= 0.6 is 0 Å². The summed E-state index contributed by atoms with van der Waals surface area (Å²) in [5.41, 5.74) is -0.986. The zero-order chi connectivity index (χ0) is 12.3. The molecule has 0 saturated carbocycles. The molecule has 0 radical (unpaired) electrons. The second kappa shape index (κ2) is 4.91. The lowest BCUT2D eigenvalue weighted by Crippen LogP contribution is -2.32. The maximum absolute atomic E-state index is 12.0. The van der Waals surface area contributed by atoms with Crippen LogP contribution in [0.5, 0.6) is 0 Å². The summed E-state index contributed by atoms with van der Waals surface area (Å²) in [6, 6.07) is 0. The Labute approximate surface area is 83.8 Å². The predicted octanol–water partition coefficient (Wildman–Crippen LogP) is 2.81. The molecule has 0 aliphatic rings. The minimum atomic E-state index is -5.16. The van der Waals surface area contributed by atoms with Crippen molar-refractivity contribution in [3.05, 3.63) is 12.1 Å². The van der Waals surface area contributed by atoms with E-state index in [9.17, 15) is 26.1 Å². The molecule has 15 heavy (non-hydrogen) atoms. The summed E-state index contributed by atoms with van der Waals surface area (Å²) in [7, 11) is 1.19. The lowest BCUT2D eigenvalue weighted by atomic mass is 9.80. The predicted molar refractivity (Wildman–Crippen MR) is 46.4 cm³/mol. The fourth-order valence-corrected chi connectivity index (χ4v) is 0.847. The number of rotatable bonds is 5. The zero-order valence-electron chi connectivity index (χ0n) is 8.12. The van der Waals surface area contributed by atoms with Crippen LogP contribution in [0.2, 0.25) is 0 Å². The van der Waals surface area contributed by atoms with E-state index in [2.05, 4.69) is 6.58 Å². The van der Waals surface area contributed by atoms with Gasteiger partial charge in [-0.3, -0.25) is 0 Å². The Morgan fingerprint density at radius 1 is 1.27 bits per heavy atom. The van der Waals surface area contributed by atoms with Crippen LogP contribution in [0.15, 0.2) is 12.1 Å². The van der Waals surface area contributed by atoms with Crippen molar-refractivity contribution >= 4 is 6.98 Å². The molecule has 0 aromatic rings. The van der Waals surface area contributed by atoms with Crippen molar-refractivity contribution < 1.29 is 26.1 Å². The van der Waals surface area contributed by atoms with E-state index in [1.165, 1.54) is 7.05 Å². The van der Waals surface area contributed by atoms with Gasteiger partial charge in [0.1, 0.15) is 0 Å². The van der Waals surface area contributed by atoms with Crippen molar-refractivity contribution in [2.75, 3.05) is 20.1 Å². The van der Waals surface area contributed by atoms with Crippen molar-refractivity contribution in [2.24, 2.45) is 0 Å². The quantitative estimate of drug-likeness (QED) is 0.522. The van der Waals surface area contributed by atoms with Gasteiger partial charge in [-0.15, -0.1) is 12.1 Å². The maximum Gasteiger partial charge on any atom is 0.506 e. The van der Waals surface area contributed by atoms with Crippen LogP contribution in [0.25, 0.3) is 0 Å². The van der Waals surface area contributed by atoms with Gasteiger partial charge >= 0.3 is 13.2 Å². The topological polar surface area (TPSA) is 3.24 Å². The van der Waals surface area contributed by atoms with E-state index in [1.54, 1.807) is 0 Å². The van der Waals surface area contributed by atoms with Crippen molar-refractivity contribution in [2.45, 2.75) is 12.6 Å². The summed E-state index contributed by atoms with van der Waals surface area (Å²) in [6.45, 7) is -3.42. The fraction of sp³-hybridized carbons (Fsp3) is 0.714. The molecule has 0 aromatic carbocycles. The van der Waals surface area contributed by atoms with Gasteiger partial charge < -0.3 is 17.8 Å². The third kappa shape index (κ3) is 7.29. The number of likely N-dealkylation sites (N-methyl/N-ethyl adjacent to an activating group) is 1. The van der Waals surface area contributed by atoms with Crippen LogP contribution in [-0.4, -0.2) is 38.2 Å². The van der Waals surface area contributed by atoms with Gasteiger partial charge in [-0.1, -0.05) is 0 Å². The van der Waals surface area contributed by atoms with E-state index in [4.69, 9.17) is 0 Å². The molecular weight excluding hydrogens is 223 g/mol. The van der Waals surface area contributed by atoms with Crippen molar-refractivity contribution in [1.82, 2.24) is 4.90 Å². The number of hydrogen-bond acceptors (Lipinski definition) is 1. The second-order valence-electron chi connectivity index (χ2n) is 3.34. The lowest BCUT2D eigenvalue weighted by molar-refractivity contribution is -0.137. The van der Waals surface area contributed by atoms with Gasteiger partial charge in [0.05, 0.1) is 6.42 Å². The first kappa shape index (κ1) is 14.3. The van der Waals surface area contributed by atoms with E-state index in [0.717, 1.165) is 4.90 Å². The first-order chi connectivity index (χ1) is 6.52. The maximum atomic E-state index is 12.0. The highest BCUT2D eigenvalue weighted by Crippen LogP contribution is 2.21. The highest BCUT2D eigenvalue weighted by atomic mass is 19.4. The summed E-state index contributed by atoms with van der Waals surface area (Å²) in [5, 5.41) is 0. The van der Waals surface area contributed by atoms with E-state index in [-0.39, 0.29) is 0 Å². The molecule has 0 atom stereocenters. The molecule has 0 N–H and O–H groups in total. The Kier molecular flexibility index (Phi) is 4.70. The molecular formula is C7H11BF6N-. The Morgan fingerprint density at radius 2 is 1.73 bits per heavy atom. The Bertz CT molecular complexity index is 221. The zero-order valence-corrected chi connectivity index (χ0v) is 8.12. The first-order valence-corrected chi connectivity index (χ1v) is 4.15. The number of halogens is 6. The van der Waals surface area contributed by atoms with E-state index < -0.39 is 38.1 Å². The molecule has 0 aliphatic heterocycles. The van der Waals surface area contributed by atoms with Gasteiger partial charge in [-0.25, -0.2) is 0 Å². The third-order valence-corrected chi connectivity index (χ3v) is 1.71. The van der Waals surface area contributed by atoms with Gasteiger partial charge in [0, 0.05) is 6.54 Å². The average molecular weight is 234 g/mol. The highest BCUT2D eigenvalue weighted by Gasteiger charge is 2.29. The van der Waals surface area contributed by atoms with Crippen LogP contribution < -0.4 is 0 Å². The molecule has 0 amide bonds. The molecule has 0 fully saturated rings. The standard InChI is InChI=1S/C7H11BF6N/c1-6(8(12,13)14)5-15(2)4-3-7(9,10)11/h1,3-5H2,2H3/q-1. The van der Waals surface area contributed by atoms with Crippen LogP contribution in [0.3, 0.4) is 0 Å². The van der Waals surface area contributed by atoms with Crippen LogP contribution in [0, 0.1) is 0 Å². The van der Waals surface area contributed by atoms with Crippen molar-refractivity contribution in [3.63, 3.8) is 0 Å². The van der Waals surface area contributed by atoms with Gasteiger partial charge in [0.15, 0.2) is 0 Å². The van der Waals surface area contributed by atoms with Gasteiger partial charge in [0.25, 0.3) is 0 Å². The summed E-state index contributed by atoms with van der Waals surface area (Å²) in [6.07, 6.45) is -5.47. The molecule has 90 valence electrons. The van der Waals surface area contributed by atoms with E-state index >= 15 is 0 Å². The second-order valence-corrected chi connectivity index (χ2v) is 3.34. The number of nitrogens with zero attached hydrogens (tertiary/aromatic N) is 1. The molecule has 0 bridgehead atoms. The monoisotopic (exact) mass is 234 g/mol. The molecule has 8 heteroatoms. The number of alkyl halides is 3. The Morgan fingerprint density at radius 3 is 2.07 bits per heavy atom. The van der Waals surface area contributed by atoms with Crippen LogP contribution in [0.4, 0.5) is 26.1 Å². The fourth-order valence-electron chi connectivity index (χ4n) is 0.847. The molecule has 0 heterocycles. The Balaban J connectivity index is 3.95. The minimum absolute atomic E-state index is 0.464. The third-order valence-electron chi connectivity index (χ3n) is 1.71. The van der Waals surface area contributed by atoms with E-state index in [1.807, 2.05) is 0 Å². The molecule has 0 spiro atoms. The summed E-state index contributed by atoms with van der Waals surface area (Å²) < 4.78 is 71.2. The average Bonchev–Trinajstić information content (AvgIpc) is 1.97. The largest absolute Gasteiger partial charge is 0.506 e. The highest BCUT2D eigenvalue weighted by molar-refractivity contribution is 6.66. The Hall–Kier alpha value is -0.655. The van der Waals surface area contributed by atoms with Gasteiger partial charge in [-0.05, 0) is 13.6 Å². The molecule has 0 rings (SSSR count). The van der Waals surface area contributed by atoms with Crippen molar-refractivity contribution in [3.8, 4) is 0 Å². The van der Waals surface area contributed by atoms with Crippen LogP contribution in [0.1, 0.15) is 6.42 Å². The van der Waals surface area contributed by atoms with Gasteiger partial charge in [-0.2, -0.15) is 13.2 Å². The SMILES string of the molecule is C=C(CN(C)CCC(F)(F)F)[B-](F)(F)F. The molecule has 0 saturated heterocycles. The smallest absolute Gasteiger partial charge is 0.445 e. The van der Waals surface area contributed by atoms with Gasteiger partial charge in [0.2, 0.25) is 0 Å². The number of hydrogen-bond donors (Lipinski definition) is 0. The summed E-state index contributed by atoms with van der Waals surface area (Å²) >= 11 is 0. The molecule has 0 unspecified atom stereocenters. The normalized spacial score (nSPS) is 13.3. The summed E-state index contributed by atoms with van der Waals surface area (Å²) in [4.78, 5) is 0.949. The van der Waals surface area contributed by atoms with Crippen LogP contribution in [-0.2, 0) is 0 Å². The minimum Gasteiger partial charge on any atom is -0.445 e. The molecule has 1 nitrogen and oxygen atoms in total. The molecule has 0 aromatic heterocycles. The van der Waals surface area contributed by atoms with Crippen molar-refractivity contribution in [1.29, 1.82) is 0 Å². The molecule has 0 aliphatic carbocycles. The first-order valence-electron chi connectivity index (χ1n) is 4.15. The lowest BCUT2D eigenvalue weighted by Gasteiger charge is -2.24.